The number of ether oxygens (including phenoxy) is 1. The molecule has 0 radical (unpaired) electrons. The van der Waals surface area contributed by atoms with Gasteiger partial charge in [-0.05, 0) is 36.2 Å². The lowest BCUT2D eigenvalue weighted by Crippen LogP contribution is -1.98. The summed E-state index contributed by atoms with van der Waals surface area (Å²) in [4.78, 5) is 10.2. The average Bonchev–Trinajstić information content (AvgIpc) is 2.38. The Labute approximate surface area is 115 Å². The summed E-state index contributed by atoms with van der Waals surface area (Å²) < 4.78 is 5.63. The van der Waals surface area contributed by atoms with Crippen molar-refractivity contribution in [2.24, 2.45) is 0 Å². The SMILES string of the molecule is Cc1cc(Cl)ccc1OCc1cccc([N+](=O)[O-])c1. The molecule has 0 N–H and O–H groups in total. The predicted molar refractivity (Wildman–Crippen MR) is 73.6 cm³/mol. The number of non-ortho nitro benzene ring substituents is 1. The van der Waals surface area contributed by atoms with Crippen LogP contribution in [-0.2, 0) is 6.61 Å². The summed E-state index contributed by atoms with van der Waals surface area (Å²) in [7, 11) is 0. The minimum absolute atomic E-state index is 0.0638. The van der Waals surface area contributed by atoms with Gasteiger partial charge in [-0.25, -0.2) is 0 Å². The number of hydrogen-bond acceptors (Lipinski definition) is 3. The maximum absolute atomic E-state index is 10.7. The third-order valence-electron chi connectivity index (χ3n) is 2.65. The maximum Gasteiger partial charge on any atom is 0.269 e. The zero-order valence-corrected chi connectivity index (χ0v) is 11.1. The summed E-state index contributed by atoms with van der Waals surface area (Å²) >= 11 is 5.86. The molecular formula is C14H12ClNO3. The van der Waals surface area contributed by atoms with Crippen molar-refractivity contribution in [2.45, 2.75) is 13.5 Å². The largest absolute Gasteiger partial charge is 0.489 e. The van der Waals surface area contributed by atoms with Crippen LogP contribution < -0.4 is 4.74 Å². The highest BCUT2D eigenvalue weighted by Crippen LogP contribution is 2.23. The highest BCUT2D eigenvalue weighted by atomic mass is 35.5. The molecule has 98 valence electrons. The van der Waals surface area contributed by atoms with Crippen LogP contribution in [0.15, 0.2) is 42.5 Å². The number of rotatable bonds is 4. The Morgan fingerprint density at radius 1 is 1.26 bits per heavy atom. The number of halogens is 1. The fraction of sp³-hybridized carbons (Fsp3) is 0.143. The van der Waals surface area contributed by atoms with Gasteiger partial charge in [0.1, 0.15) is 12.4 Å². The zero-order chi connectivity index (χ0) is 13.8. The van der Waals surface area contributed by atoms with Gasteiger partial charge >= 0.3 is 0 Å². The number of hydrogen-bond donors (Lipinski definition) is 0. The van der Waals surface area contributed by atoms with E-state index in [0.717, 1.165) is 16.9 Å². The molecule has 0 aliphatic heterocycles. The Morgan fingerprint density at radius 2 is 2.05 bits per heavy atom. The van der Waals surface area contributed by atoms with Gasteiger partial charge in [0.2, 0.25) is 0 Å². The highest BCUT2D eigenvalue weighted by Gasteiger charge is 2.06. The molecule has 0 aromatic heterocycles. The van der Waals surface area contributed by atoms with Gasteiger partial charge in [0.25, 0.3) is 5.69 Å². The molecule has 19 heavy (non-hydrogen) atoms. The molecule has 2 aromatic carbocycles. The fourth-order valence-electron chi connectivity index (χ4n) is 1.70. The van der Waals surface area contributed by atoms with Crippen molar-refractivity contribution < 1.29 is 9.66 Å². The van der Waals surface area contributed by atoms with Gasteiger partial charge in [-0.15, -0.1) is 0 Å². The Balaban J connectivity index is 2.10. The van der Waals surface area contributed by atoms with E-state index in [1.165, 1.54) is 12.1 Å². The molecular weight excluding hydrogens is 266 g/mol. The standard InChI is InChI=1S/C14H12ClNO3/c1-10-7-12(15)5-6-14(10)19-9-11-3-2-4-13(8-11)16(17)18/h2-8H,9H2,1H3. The second-order valence-electron chi connectivity index (χ2n) is 4.13. The maximum atomic E-state index is 10.7. The molecule has 0 fully saturated rings. The van der Waals surface area contributed by atoms with E-state index in [2.05, 4.69) is 0 Å². The van der Waals surface area contributed by atoms with Crippen LogP contribution in [0.2, 0.25) is 5.02 Å². The molecule has 0 bridgehead atoms. The van der Waals surface area contributed by atoms with Crippen LogP contribution in [0.3, 0.4) is 0 Å². The van der Waals surface area contributed by atoms with Gasteiger partial charge in [-0.2, -0.15) is 0 Å². The Morgan fingerprint density at radius 3 is 2.74 bits per heavy atom. The smallest absolute Gasteiger partial charge is 0.269 e. The van der Waals surface area contributed by atoms with Crippen molar-refractivity contribution in [1.82, 2.24) is 0 Å². The predicted octanol–water partition coefficient (Wildman–Crippen LogP) is 4.14. The van der Waals surface area contributed by atoms with Gasteiger partial charge in [-0.1, -0.05) is 23.7 Å². The van der Waals surface area contributed by atoms with E-state index >= 15 is 0 Å². The first kappa shape index (κ1) is 13.4. The number of benzene rings is 2. The van der Waals surface area contributed by atoms with Gasteiger partial charge < -0.3 is 4.74 Å². The van der Waals surface area contributed by atoms with E-state index in [-0.39, 0.29) is 12.3 Å². The number of nitrogens with zero attached hydrogens (tertiary/aromatic N) is 1. The number of nitro benzene ring substituents is 1. The van der Waals surface area contributed by atoms with Gasteiger partial charge in [0.15, 0.2) is 0 Å². The van der Waals surface area contributed by atoms with Gasteiger partial charge in [-0.3, -0.25) is 10.1 Å². The molecule has 0 aliphatic rings. The van der Waals surface area contributed by atoms with E-state index in [1.807, 2.05) is 13.0 Å². The third-order valence-corrected chi connectivity index (χ3v) is 2.89. The lowest BCUT2D eigenvalue weighted by Gasteiger charge is -2.09. The van der Waals surface area contributed by atoms with Crippen molar-refractivity contribution in [2.75, 3.05) is 0 Å². The summed E-state index contributed by atoms with van der Waals surface area (Å²) in [5.41, 5.74) is 1.75. The Bertz CT molecular complexity index is 613. The molecule has 0 amide bonds. The molecule has 2 aromatic rings. The monoisotopic (exact) mass is 277 g/mol. The molecule has 0 saturated carbocycles. The minimum atomic E-state index is -0.420. The van der Waals surface area contributed by atoms with Crippen molar-refractivity contribution in [3.8, 4) is 5.75 Å². The summed E-state index contributed by atoms with van der Waals surface area (Å²) in [6.07, 6.45) is 0. The summed E-state index contributed by atoms with van der Waals surface area (Å²) in [6, 6.07) is 11.7. The van der Waals surface area contributed by atoms with Gasteiger partial charge in [0, 0.05) is 17.2 Å². The van der Waals surface area contributed by atoms with Crippen molar-refractivity contribution in [3.05, 3.63) is 68.7 Å². The van der Waals surface area contributed by atoms with E-state index in [9.17, 15) is 10.1 Å². The molecule has 0 saturated heterocycles. The van der Waals surface area contributed by atoms with Crippen molar-refractivity contribution in [3.63, 3.8) is 0 Å². The number of nitro groups is 1. The topological polar surface area (TPSA) is 52.4 Å². The van der Waals surface area contributed by atoms with Crippen LogP contribution in [0.4, 0.5) is 5.69 Å². The molecule has 5 heteroatoms. The van der Waals surface area contributed by atoms with Crippen LogP contribution in [0.1, 0.15) is 11.1 Å². The van der Waals surface area contributed by atoms with Crippen molar-refractivity contribution >= 4 is 17.3 Å². The van der Waals surface area contributed by atoms with E-state index in [4.69, 9.17) is 16.3 Å². The van der Waals surface area contributed by atoms with Crippen LogP contribution in [0.5, 0.6) is 5.75 Å². The quantitative estimate of drug-likeness (QED) is 0.623. The Kier molecular flexibility index (Phi) is 4.02. The van der Waals surface area contributed by atoms with Crippen molar-refractivity contribution in [1.29, 1.82) is 0 Å². The zero-order valence-electron chi connectivity index (χ0n) is 10.3. The Hall–Kier alpha value is -2.07. The summed E-state index contributed by atoms with van der Waals surface area (Å²) in [5.74, 6) is 0.718. The van der Waals surface area contributed by atoms with E-state index < -0.39 is 4.92 Å². The normalized spacial score (nSPS) is 10.2. The third kappa shape index (κ3) is 3.45. The first-order valence-electron chi connectivity index (χ1n) is 5.68. The molecule has 4 nitrogen and oxygen atoms in total. The lowest BCUT2D eigenvalue weighted by atomic mass is 10.2. The number of aryl methyl sites for hydroxylation is 1. The molecule has 0 unspecified atom stereocenters. The van der Waals surface area contributed by atoms with Gasteiger partial charge in [0.05, 0.1) is 4.92 Å². The van der Waals surface area contributed by atoms with E-state index in [1.54, 1.807) is 24.3 Å². The average molecular weight is 278 g/mol. The summed E-state index contributed by atoms with van der Waals surface area (Å²) in [6.45, 7) is 2.18. The van der Waals surface area contributed by atoms with Crippen LogP contribution in [-0.4, -0.2) is 4.92 Å². The second kappa shape index (κ2) is 5.71. The molecule has 2 rings (SSSR count). The fourth-order valence-corrected chi connectivity index (χ4v) is 1.92. The molecule has 0 spiro atoms. The molecule has 0 atom stereocenters. The van der Waals surface area contributed by atoms with E-state index in [0.29, 0.717) is 5.02 Å². The first-order valence-corrected chi connectivity index (χ1v) is 6.06. The second-order valence-corrected chi connectivity index (χ2v) is 4.56. The highest BCUT2D eigenvalue weighted by molar-refractivity contribution is 6.30. The molecule has 0 heterocycles. The minimum Gasteiger partial charge on any atom is -0.489 e. The molecule has 0 aliphatic carbocycles. The van der Waals surface area contributed by atoms with Crippen LogP contribution >= 0.6 is 11.6 Å². The first-order chi connectivity index (χ1) is 9.06. The lowest BCUT2D eigenvalue weighted by molar-refractivity contribution is -0.384. The van der Waals surface area contributed by atoms with Crippen LogP contribution in [0, 0.1) is 17.0 Å². The summed E-state index contributed by atoms with van der Waals surface area (Å²) in [5, 5.41) is 11.3. The van der Waals surface area contributed by atoms with Crippen LogP contribution in [0.25, 0.3) is 0 Å².